The summed E-state index contributed by atoms with van der Waals surface area (Å²) in [5, 5.41) is 13.9. The van der Waals surface area contributed by atoms with Crippen molar-refractivity contribution in [3.63, 3.8) is 0 Å². The van der Waals surface area contributed by atoms with Gasteiger partial charge < -0.3 is 19.7 Å². The number of alkyl halides is 1. The number of hydrogen-bond donors (Lipinski definition) is 2. The second-order valence-corrected chi connectivity index (χ2v) is 1.82. The van der Waals surface area contributed by atoms with E-state index in [4.69, 9.17) is 15.0 Å². The lowest BCUT2D eigenvalue weighted by molar-refractivity contribution is 0.0374. The lowest BCUT2D eigenvalue weighted by Gasteiger charge is -1.96. The van der Waals surface area contributed by atoms with Crippen LogP contribution in [0.4, 0.5) is 14.0 Å². The van der Waals surface area contributed by atoms with E-state index in [2.05, 4.69) is 9.47 Å². The molecule has 0 aliphatic carbocycles. The maximum atomic E-state index is 12.0. The van der Waals surface area contributed by atoms with Crippen LogP contribution in [0.15, 0.2) is 0 Å². The van der Waals surface area contributed by atoms with Gasteiger partial charge in [-0.3, -0.25) is 0 Å². The third-order valence-electron chi connectivity index (χ3n) is 0.860. The largest absolute Gasteiger partial charge is 0.511 e. The van der Waals surface area contributed by atoms with Gasteiger partial charge in [-0.25, -0.2) is 9.59 Å². The van der Waals surface area contributed by atoms with Crippen LogP contribution in [0.2, 0.25) is 0 Å². The third kappa shape index (κ3) is 4.31. The number of cyclic esters (lactones) is 2. The number of rotatable bonds is 0. The Kier molecular flexibility index (Phi) is 3.81. The quantitative estimate of drug-likeness (QED) is 0.544. The molecule has 1 aliphatic rings. The van der Waals surface area contributed by atoms with Crippen LogP contribution in [0.25, 0.3) is 0 Å². The van der Waals surface area contributed by atoms with Crippen molar-refractivity contribution in [2.24, 2.45) is 0 Å². The molecule has 2 unspecified atom stereocenters. The average Bonchev–Trinajstić information content (AvgIpc) is 2.08. The highest BCUT2D eigenvalue weighted by molar-refractivity contribution is 5.62. The van der Waals surface area contributed by atoms with Gasteiger partial charge in [-0.05, 0) is 6.92 Å². The van der Waals surface area contributed by atoms with Crippen LogP contribution < -0.4 is 0 Å². The van der Waals surface area contributed by atoms with Gasteiger partial charge in [0.05, 0.1) is 0 Å². The van der Waals surface area contributed by atoms with Crippen molar-refractivity contribution in [1.82, 2.24) is 0 Å². The fraction of sp³-hybridized carbons (Fsp3) is 0.600. The highest BCUT2D eigenvalue weighted by Crippen LogP contribution is 2.14. The Morgan fingerprint density at radius 1 is 1.50 bits per heavy atom. The molecule has 0 aromatic heterocycles. The van der Waals surface area contributed by atoms with Crippen molar-refractivity contribution in [1.29, 1.82) is 0 Å². The number of halogens is 1. The summed E-state index contributed by atoms with van der Waals surface area (Å²) in [4.78, 5) is 18.5. The first-order valence-electron chi connectivity index (χ1n) is 2.86. The minimum atomic E-state index is -1.83. The van der Waals surface area contributed by atoms with Crippen molar-refractivity contribution in [2.75, 3.05) is 0 Å². The second kappa shape index (κ2) is 4.37. The zero-order valence-corrected chi connectivity index (χ0v) is 6.06. The zero-order chi connectivity index (χ0) is 9.72. The minimum absolute atomic E-state index is 0.748. The molecule has 12 heavy (non-hydrogen) atoms. The molecule has 7 heteroatoms. The van der Waals surface area contributed by atoms with Gasteiger partial charge in [-0.2, -0.15) is 4.39 Å². The molecule has 6 nitrogen and oxygen atoms in total. The van der Waals surface area contributed by atoms with Gasteiger partial charge in [-0.1, -0.05) is 0 Å². The van der Waals surface area contributed by atoms with Crippen molar-refractivity contribution in [2.45, 2.75) is 19.4 Å². The van der Waals surface area contributed by atoms with Crippen LogP contribution >= 0.6 is 0 Å². The van der Waals surface area contributed by atoms with E-state index in [-0.39, 0.29) is 0 Å². The molecule has 0 aromatic rings. The summed E-state index contributed by atoms with van der Waals surface area (Å²) < 4.78 is 20.2. The number of hydrogen-bond acceptors (Lipinski definition) is 4. The first-order chi connectivity index (χ1) is 5.43. The molecule has 1 heterocycles. The molecule has 0 amide bonds. The molecule has 0 aromatic carbocycles. The van der Waals surface area contributed by atoms with Crippen molar-refractivity contribution >= 4 is 12.3 Å². The van der Waals surface area contributed by atoms with Gasteiger partial charge in [0.2, 0.25) is 0 Å². The molecule has 0 spiro atoms. The molecule has 2 N–H and O–H groups in total. The van der Waals surface area contributed by atoms with Crippen LogP contribution in [0, 0.1) is 0 Å². The van der Waals surface area contributed by atoms with E-state index in [0.29, 0.717) is 0 Å². The Balaban J connectivity index is 0.000000261. The van der Waals surface area contributed by atoms with E-state index < -0.39 is 24.8 Å². The van der Waals surface area contributed by atoms with E-state index in [1.165, 1.54) is 6.92 Å². The molecule has 70 valence electrons. The maximum Gasteiger partial charge on any atom is 0.511 e. The standard InChI is InChI=1S/C4H5FO3.CH2O3/c1-2-3(5)8-4(6)7-2;2-1(3)4/h2-3H,1H3;(H2,2,3,4). The number of ether oxygens (including phenoxy) is 2. The number of carboxylic acid groups (broad SMARTS) is 2. The van der Waals surface area contributed by atoms with Crippen molar-refractivity contribution < 1.29 is 33.7 Å². The van der Waals surface area contributed by atoms with E-state index in [1.54, 1.807) is 0 Å². The van der Waals surface area contributed by atoms with Gasteiger partial charge in [0, 0.05) is 0 Å². The summed E-state index contributed by atoms with van der Waals surface area (Å²) in [5.74, 6) is 0. The molecule has 0 radical (unpaired) electrons. The highest BCUT2D eigenvalue weighted by Gasteiger charge is 2.32. The summed E-state index contributed by atoms with van der Waals surface area (Å²) in [6.45, 7) is 1.43. The third-order valence-corrected chi connectivity index (χ3v) is 0.860. The van der Waals surface area contributed by atoms with Gasteiger partial charge >= 0.3 is 12.3 Å². The highest BCUT2D eigenvalue weighted by atomic mass is 19.1. The average molecular weight is 182 g/mol. The molecule has 1 fully saturated rings. The normalized spacial score (nSPS) is 26.3. The van der Waals surface area contributed by atoms with E-state index >= 15 is 0 Å². The summed E-state index contributed by atoms with van der Waals surface area (Å²) in [7, 11) is 0. The molecule has 0 saturated carbocycles. The first-order valence-corrected chi connectivity index (χ1v) is 2.86. The lowest BCUT2D eigenvalue weighted by Crippen LogP contribution is -2.11. The van der Waals surface area contributed by atoms with Gasteiger partial charge in [-0.15, -0.1) is 0 Å². The maximum absolute atomic E-state index is 12.0. The first kappa shape index (κ1) is 10.5. The summed E-state index contributed by atoms with van der Waals surface area (Å²) >= 11 is 0. The summed E-state index contributed by atoms with van der Waals surface area (Å²) in [6.07, 6.45) is -5.09. The smallest absolute Gasteiger partial charge is 0.450 e. The van der Waals surface area contributed by atoms with Gasteiger partial charge in [0.1, 0.15) is 0 Å². The fourth-order valence-corrected chi connectivity index (χ4v) is 0.421. The van der Waals surface area contributed by atoms with Crippen LogP contribution in [-0.4, -0.2) is 35.0 Å². The van der Waals surface area contributed by atoms with E-state index in [9.17, 15) is 9.18 Å². The predicted octanol–water partition coefficient (Wildman–Crippen LogP) is 1.06. The zero-order valence-electron chi connectivity index (χ0n) is 6.06. The second-order valence-electron chi connectivity index (χ2n) is 1.82. The molecule has 1 saturated heterocycles. The van der Waals surface area contributed by atoms with Crippen LogP contribution in [0.3, 0.4) is 0 Å². The topological polar surface area (TPSA) is 93.1 Å². The monoisotopic (exact) mass is 182 g/mol. The van der Waals surface area contributed by atoms with Crippen LogP contribution in [0.5, 0.6) is 0 Å². The molecule has 0 bridgehead atoms. The number of carbonyl (C=O) groups excluding carboxylic acids is 1. The summed E-state index contributed by atoms with van der Waals surface area (Å²) in [6, 6.07) is 0. The minimum Gasteiger partial charge on any atom is -0.450 e. The fourth-order valence-electron chi connectivity index (χ4n) is 0.421. The van der Waals surface area contributed by atoms with Crippen molar-refractivity contribution in [3.05, 3.63) is 0 Å². The Morgan fingerprint density at radius 3 is 2.00 bits per heavy atom. The van der Waals surface area contributed by atoms with E-state index in [1.807, 2.05) is 0 Å². The Morgan fingerprint density at radius 2 is 1.92 bits per heavy atom. The molecule has 1 rings (SSSR count). The molecular formula is C5H7FO6. The Bertz CT molecular complexity index is 165. The Labute approximate surface area is 66.5 Å². The number of carbonyl (C=O) groups is 2. The Hall–Kier alpha value is -1.53. The predicted molar refractivity (Wildman–Crippen MR) is 32.6 cm³/mol. The van der Waals surface area contributed by atoms with Crippen LogP contribution in [-0.2, 0) is 9.47 Å². The van der Waals surface area contributed by atoms with Crippen molar-refractivity contribution in [3.8, 4) is 0 Å². The molecule has 1 aliphatic heterocycles. The SMILES string of the molecule is CC1OC(=O)OC1F.O=C(O)O. The summed E-state index contributed by atoms with van der Waals surface area (Å²) in [5.41, 5.74) is 0. The molecular weight excluding hydrogens is 175 g/mol. The van der Waals surface area contributed by atoms with Crippen LogP contribution in [0.1, 0.15) is 6.92 Å². The molecule has 2 atom stereocenters. The van der Waals surface area contributed by atoms with E-state index in [0.717, 1.165) is 0 Å². The van der Waals surface area contributed by atoms with Gasteiger partial charge in [0.15, 0.2) is 6.10 Å². The van der Waals surface area contributed by atoms with Gasteiger partial charge in [0.25, 0.3) is 6.36 Å². The lowest BCUT2D eigenvalue weighted by atomic mass is 10.4.